The van der Waals surface area contributed by atoms with E-state index < -0.39 is 11.7 Å². The molecule has 0 spiro atoms. The number of carbonyl (C=O) groups is 1. The van der Waals surface area contributed by atoms with Crippen LogP contribution in [0.3, 0.4) is 0 Å². The highest BCUT2D eigenvalue weighted by Gasteiger charge is 2.31. The average molecular weight is 429 g/mol. The Morgan fingerprint density at radius 2 is 1.63 bits per heavy atom. The number of hydrogen-bond donors (Lipinski definition) is 0. The van der Waals surface area contributed by atoms with E-state index in [4.69, 9.17) is 4.74 Å². The molecule has 0 aliphatic rings. The summed E-state index contributed by atoms with van der Waals surface area (Å²) in [7, 11) is 0. The normalized spacial score (nSPS) is 11.6. The van der Waals surface area contributed by atoms with E-state index in [0.717, 1.165) is 24.0 Å². The number of fused-ring (bicyclic) bond motifs is 1. The van der Waals surface area contributed by atoms with Crippen molar-refractivity contribution < 1.29 is 22.7 Å². The number of carbonyl (C=O) groups excluding carboxylic acids is 1. The number of alkyl halides is 3. The first-order valence-corrected chi connectivity index (χ1v) is 9.80. The molecule has 9 heteroatoms. The van der Waals surface area contributed by atoms with Crippen molar-refractivity contribution in [2.75, 3.05) is 5.75 Å². The quantitative estimate of drug-likeness (QED) is 0.299. The molecule has 0 radical (unpaired) electrons. The lowest BCUT2D eigenvalue weighted by Crippen LogP contribution is -2.07. The molecule has 0 amide bonds. The van der Waals surface area contributed by atoms with Crippen molar-refractivity contribution in [2.24, 2.45) is 0 Å². The third kappa shape index (κ3) is 4.46. The molecule has 4 aromatic rings. The molecule has 4 rings (SSSR count). The first-order chi connectivity index (χ1) is 14.4. The summed E-state index contributed by atoms with van der Waals surface area (Å²) in [6, 6.07) is 18.1. The molecule has 0 saturated carbocycles. The molecule has 0 aliphatic heterocycles. The fourth-order valence-electron chi connectivity index (χ4n) is 2.68. The molecule has 2 aromatic heterocycles. The zero-order valence-electron chi connectivity index (χ0n) is 15.3. The minimum atomic E-state index is -4.47. The number of para-hydroxylation sites is 1. The molecule has 0 fully saturated rings. The van der Waals surface area contributed by atoms with E-state index in [1.54, 1.807) is 24.3 Å². The standard InChI is InChI=1S/C21H14F3N3O2S/c22-21(23,24)15-8-11-19-25-26-20(27(19)12-15)30-13-18(28)14-6-9-17(10-7-14)29-16-4-2-1-3-5-16/h1-12H,13H2. The average Bonchev–Trinajstić information content (AvgIpc) is 3.15. The summed E-state index contributed by atoms with van der Waals surface area (Å²) in [6.45, 7) is 0. The van der Waals surface area contributed by atoms with Crippen molar-refractivity contribution in [2.45, 2.75) is 11.3 Å². The van der Waals surface area contributed by atoms with Gasteiger partial charge in [-0.15, -0.1) is 10.2 Å². The lowest BCUT2D eigenvalue weighted by molar-refractivity contribution is -0.137. The summed E-state index contributed by atoms with van der Waals surface area (Å²) in [5.74, 6) is 1.10. The second kappa shape index (κ2) is 8.19. The number of Topliss-reactive ketones (excluding diaryl/α,β-unsaturated/α-hetero) is 1. The highest BCUT2D eigenvalue weighted by molar-refractivity contribution is 7.99. The number of thioether (sulfide) groups is 1. The van der Waals surface area contributed by atoms with Crippen molar-refractivity contribution in [3.05, 3.63) is 84.1 Å². The number of pyridine rings is 1. The Balaban J connectivity index is 1.43. The van der Waals surface area contributed by atoms with Gasteiger partial charge in [0.15, 0.2) is 16.6 Å². The van der Waals surface area contributed by atoms with Gasteiger partial charge in [0.1, 0.15) is 11.5 Å². The summed E-state index contributed by atoms with van der Waals surface area (Å²) >= 11 is 1.03. The van der Waals surface area contributed by atoms with E-state index in [1.165, 1.54) is 10.5 Å². The Kier molecular flexibility index (Phi) is 5.45. The lowest BCUT2D eigenvalue weighted by atomic mass is 10.1. The van der Waals surface area contributed by atoms with Gasteiger partial charge in [-0.1, -0.05) is 30.0 Å². The van der Waals surface area contributed by atoms with Crippen molar-refractivity contribution in [3.63, 3.8) is 0 Å². The topological polar surface area (TPSA) is 56.5 Å². The Bertz CT molecular complexity index is 1180. The number of ether oxygens (including phenoxy) is 1. The number of rotatable bonds is 6. The fraction of sp³-hybridized carbons (Fsp3) is 0.0952. The molecule has 0 N–H and O–H groups in total. The largest absolute Gasteiger partial charge is 0.457 e. The van der Waals surface area contributed by atoms with E-state index in [0.29, 0.717) is 17.1 Å². The van der Waals surface area contributed by atoms with Crippen LogP contribution in [0.15, 0.2) is 78.1 Å². The van der Waals surface area contributed by atoms with Crippen LogP contribution in [0.1, 0.15) is 15.9 Å². The minimum absolute atomic E-state index is 0.00985. The van der Waals surface area contributed by atoms with Gasteiger partial charge in [0.05, 0.1) is 11.3 Å². The maximum absolute atomic E-state index is 12.9. The SMILES string of the molecule is O=C(CSc1nnc2ccc(C(F)(F)F)cn12)c1ccc(Oc2ccccc2)cc1. The molecule has 0 atom stereocenters. The van der Waals surface area contributed by atoms with Crippen LogP contribution >= 0.6 is 11.8 Å². The van der Waals surface area contributed by atoms with Crippen LogP contribution in [-0.2, 0) is 6.18 Å². The van der Waals surface area contributed by atoms with Gasteiger partial charge in [-0.2, -0.15) is 13.2 Å². The molecular weight excluding hydrogens is 415 g/mol. The van der Waals surface area contributed by atoms with Gasteiger partial charge in [0.2, 0.25) is 0 Å². The van der Waals surface area contributed by atoms with E-state index in [-0.39, 0.29) is 22.3 Å². The van der Waals surface area contributed by atoms with Crippen molar-refractivity contribution >= 4 is 23.2 Å². The Morgan fingerprint density at radius 3 is 2.33 bits per heavy atom. The summed E-state index contributed by atoms with van der Waals surface area (Å²) in [4.78, 5) is 12.5. The summed E-state index contributed by atoms with van der Waals surface area (Å²) in [6.07, 6.45) is -3.54. The monoisotopic (exact) mass is 429 g/mol. The van der Waals surface area contributed by atoms with Gasteiger partial charge in [0.25, 0.3) is 0 Å². The van der Waals surface area contributed by atoms with Crippen LogP contribution < -0.4 is 4.74 Å². The van der Waals surface area contributed by atoms with E-state index >= 15 is 0 Å². The maximum atomic E-state index is 12.9. The summed E-state index contributed by atoms with van der Waals surface area (Å²) < 4.78 is 45.7. The molecule has 0 bridgehead atoms. The molecule has 152 valence electrons. The van der Waals surface area contributed by atoms with Crippen LogP contribution in [0.2, 0.25) is 0 Å². The van der Waals surface area contributed by atoms with E-state index in [1.807, 2.05) is 30.3 Å². The number of aromatic nitrogens is 3. The summed E-state index contributed by atoms with van der Waals surface area (Å²) in [5, 5.41) is 7.94. The smallest absolute Gasteiger partial charge is 0.417 e. The highest BCUT2D eigenvalue weighted by Crippen LogP contribution is 2.30. The minimum Gasteiger partial charge on any atom is -0.457 e. The number of hydrogen-bond acceptors (Lipinski definition) is 5. The van der Waals surface area contributed by atoms with Gasteiger partial charge in [-0.3, -0.25) is 9.20 Å². The van der Waals surface area contributed by atoms with Gasteiger partial charge in [-0.25, -0.2) is 0 Å². The molecule has 30 heavy (non-hydrogen) atoms. The molecule has 2 heterocycles. The lowest BCUT2D eigenvalue weighted by Gasteiger charge is -2.07. The Morgan fingerprint density at radius 1 is 0.933 bits per heavy atom. The Labute approximate surface area is 173 Å². The molecule has 5 nitrogen and oxygen atoms in total. The third-order valence-corrected chi connectivity index (χ3v) is 5.13. The van der Waals surface area contributed by atoms with Gasteiger partial charge in [0, 0.05) is 11.8 Å². The highest BCUT2D eigenvalue weighted by atomic mass is 32.2. The zero-order chi connectivity index (χ0) is 21.1. The zero-order valence-corrected chi connectivity index (χ0v) is 16.2. The second-order valence-electron chi connectivity index (χ2n) is 6.28. The third-order valence-electron chi connectivity index (χ3n) is 4.19. The molecule has 0 aliphatic carbocycles. The van der Waals surface area contributed by atoms with Crippen molar-refractivity contribution in [1.29, 1.82) is 0 Å². The van der Waals surface area contributed by atoms with Crippen molar-refractivity contribution in [1.82, 2.24) is 14.6 Å². The number of benzene rings is 2. The molecule has 0 saturated heterocycles. The number of ketones is 1. The van der Waals surface area contributed by atoms with E-state index in [2.05, 4.69) is 10.2 Å². The van der Waals surface area contributed by atoms with Gasteiger partial charge >= 0.3 is 6.18 Å². The fourth-order valence-corrected chi connectivity index (χ4v) is 3.49. The molecule has 0 unspecified atom stereocenters. The first kappa shape index (κ1) is 20.0. The predicted octanol–water partition coefficient (Wildman–Crippen LogP) is 5.52. The Hall–Kier alpha value is -3.33. The second-order valence-corrected chi connectivity index (χ2v) is 7.22. The molecular formula is C21H14F3N3O2S. The number of halogens is 3. The van der Waals surface area contributed by atoms with Crippen molar-refractivity contribution in [3.8, 4) is 11.5 Å². The first-order valence-electron chi connectivity index (χ1n) is 8.81. The van der Waals surface area contributed by atoms with Gasteiger partial charge < -0.3 is 4.74 Å². The maximum Gasteiger partial charge on any atom is 0.417 e. The predicted molar refractivity (Wildman–Crippen MR) is 106 cm³/mol. The van der Waals surface area contributed by atoms with Crippen LogP contribution in [0.5, 0.6) is 11.5 Å². The van der Waals surface area contributed by atoms with Crippen LogP contribution in [-0.4, -0.2) is 26.1 Å². The van der Waals surface area contributed by atoms with E-state index in [9.17, 15) is 18.0 Å². The summed E-state index contributed by atoms with van der Waals surface area (Å²) in [5.41, 5.74) is -0.0648. The van der Waals surface area contributed by atoms with Crippen LogP contribution in [0.25, 0.3) is 5.65 Å². The van der Waals surface area contributed by atoms with Crippen LogP contribution in [0.4, 0.5) is 13.2 Å². The molecule has 2 aromatic carbocycles. The van der Waals surface area contributed by atoms with Gasteiger partial charge in [-0.05, 0) is 48.5 Å². The number of nitrogens with zero attached hydrogens (tertiary/aromatic N) is 3. The van der Waals surface area contributed by atoms with Crippen LogP contribution in [0, 0.1) is 0 Å².